The molecule has 0 aliphatic heterocycles. The number of hydrogen-bond acceptors (Lipinski definition) is 1. The Hall–Kier alpha value is -1.26. The molecule has 19 heavy (non-hydrogen) atoms. The molecule has 1 N–H and O–H groups in total. The monoisotopic (exact) mass is 325 g/mol. The number of nitrogens with one attached hydrogen (secondary N) is 1. The summed E-state index contributed by atoms with van der Waals surface area (Å²) in [6.07, 6.45) is 0. The maximum Gasteiger partial charge on any atom is 0.129 e. The fourth-order valence-corrected chi connectivity index (χ4v) is 2.62. The van der Waals surface area contributed by atoms with Crippen LogP contribution in [0.5, 0.6) is 0 Å². The minimum Gasteiger partial charge on any atom is -0.309 e. The topological polar surface area (TPSA) is 12.0 Å². The molecular weight excluding hydrogens is 312 g/mol. The zero-order valence-electron chi connectivity index (χ0n) is 10.7. The van der Waals surface area contributed by atoms with Crippen LogP contribution < -0.4 is 5.32 Å². The Balaban J connectivity index is 2.53. The van der Waals surface area contributed by atoms with Crippen molar-refractivity contribution in [1.82, 2.24) is 5.32 Å². The van der Waals surface area contributed by atoms with Gasteiger partial charge in [-0.05, 0) is 43.3 Å². The minimum atomic E-state index is -0.398. The molecule has 100 valence electrons. The van der Waals surface area contributed by atoms with E-state index in [1.807, 2.05) is 0 Å². The molecule has 0 spiro atoms. The van der Waals surface area contributed by atoms with Crippen molar-refractivity contribution in [1.29, 1.82) is 0 Å². The van der Waals surface area contributed by atoms with Crippen LogP contribution in [0.1, 0.15) is 22.7 Å². The van der Waals surface area contributed by atoms with Crippen LogP contribution in [0.15, 0.2) is 40.9 Å². The van der Waals surface area contributed by atoms with Crippen LogP contribution in [0.25, 0.3) is 0 Å². The summed E-state index contributed by atoms with van der Waals surface area (Å²) >= 11 is 3.35. The summed E-state index contributed by atoms with van der Waals surface area (Å²) in [5.41, 5.74) is 1.75. The third kappa shape index (κ3) is 2.85. The van der Waals surface area contributed by atoms with E-state index in [2.05, 4.69) is 21.2 Å². The van der Waals surface area contributed by atoms with Gasteiger partial charge in [0.15, 0.2) is 0 Å². The van der Waals surface area contributed by atoms with Gasteiger partial charge in [-0.3, -0.25) is 0 Å². The normalized spacial score (nSPS) is 12.5. The summed E-state index contributed by atoms with van der Waals surface area (Å²) in [7, 11) is 1.72. The molecule has 4 heteroatoms. The Morgan fingerprint density at radius 3 is 2.42 bits per heavy atom. The molecule has 2 aromatic carbocycles. The fourth-order valence-electron chi connectivity index (χ4n) is 2.05. The van der Waals surface area contributed by atoms with Crippen molar-refractivity contribution in [2.45, 2.75) is 13.0 Å². The van der Waals surface area contributed by atoms with E-state index in [0.29, 0.717) is 21.2 Å². The third-order valence-corrected chi connectivity index (χ3v) is 3.80. The van der Waals surface area contributed by atoms with Gasteiger partial charge in [0.05, 0.1) is 6.04 Å². The van der Waals surface area contributed by atoms with Crippen molar-refractivity contribution in [2.75, 3.05) is 7.05 Å². The van der Waals surface area contributed by atoms with Crippen LogP contribution in [0, 0.1) is 18.6 Å². The summed E-state index contributed by atoms with van der Waals surface area (Å²) in [4.78, 5) is 0. The van der Waals surface area contributed by atoms with Gasteiger partial charge >= 0.3 is 0 Å². The van der Waals surface area contributed by atoms with Crippen molar-refractivity contribution in [2.24, 2.45) is 0 Å². The molecule has 0 amide bonds. The Bertz CT molecular complexity index is 578. The molecule has 0 fully saturated rings. The van der Waals surface area contributed by atoms with Crippen LogP contribution in [0.4, 0.5) is 8.78 Å². The Morgan fingerprint density at radius 1 is 1.11 bits per heavy atom. The molecule has 0 aliphatic carbocycles. The lowest BCUT2D eigenvalue weighted by Gasteiger charge is -2.19. The van der Waals surface area contributed by atoms with Gasteiger partial charge in [-0.25, -0.2) is 8.78 Å². The largest absolute Gasteiger partial charge is 0.309 e. The summed E-state index contributed by atoms with van der Waals surface area (Å²) < 4.78 is 28.3. The van der Waals surface area contributed by atoms with Crippen molar-refractivity contribution >= 4 is 15.9 Å². The van der Waals surface area contributed by atoms with Crippen LogP contribution in [0.3, 0.4) is 0 Å². The van der Waals surface area contributed by atoms with Gasteiger partial charge in [-0.15, -0.1) is 0 Å². The molecule has 1 atom stereocenters. The zero-order valence-corrected chi connectivity index (χ0v) is 12.3. The highest BCUT2D eigenvalue weighted by molar-refractivity contribution is 9.10. The molecule has 0 radical (unpaired) electrons. The van der Waals surface area contributed by atoms with Crippen molar-refractivity contribution in [3.8, 4) is 0 Å². The van der Waals surface area contributed by atoms with Gasteiger partial charge in [0, 0.05) is 10.0 Å². The lowest BCUT2D eigenvalue weighted by Crippen LogP contribution is -2.19. The summed E-state index contributed by atoms with van der Waals surface area (Å²) in [5, 5.41) is 3.03. The van der Waals surface area contributed by atoms with Gasteiger partial charge in [-0.2, -0.15) is 0 Å². The quantitative estimate of drug-likeness (QED) is 0.884. The van der Waals surface area contributed by atoms with Crippen molar-refractivity contribution in [3.63, 3.8) is 0 Å². The second kappa shape index (κ2) is 5.80. The van der Waals surface area contributed by atoms with Crippen LogP contribution >= 0.6 is 15.9 Å². The van der Waals surface area contributed by atoms with Gasteiger partial charge in [0.1, 0.15) is 11.6 Å². The van der Waals surface area contributed by atoms with Gasteiger partial charge in [0.2, 0.25) is 0 Å². The number of rotatable bonds is 3. The molecule has 0 aliphatic rings. The first-order valence-electron chi connectivity index (χ1n) is 5.92. The molecule has 0 saturated heterocycles. The first-order valence-corrected chi connectivity index (χ1v) is 6.71. The predicted molar refractivity (Wildman–Crippen MR) is 76.1 cm³/mol. The first-order chi connectivity index (χ1) is 9.04. The van der Waals surface area contributed by atoms with E-state index in [1.54, 1.807) is 38.2 Å². The van der Waals surface area contributed by atoms with Gasteiger partial charge in [-0.1, -0.05) is 34.1 Å². The molecular formula is C15H14BrF2N. The van der Waals surface area contributed by atoms with E-state index in [-0.39, 0.29) is 11.6 Å². The summed E-state index contributed by atoms with van der Waals surface area (Å²) in [6.45, 7) is 1.70. The molecule has 0 heterocycles. The second-order valence-electron chi connectivity index (χ2n) is 4.37. The summed E-state index contributed by atoms with van der Waals surface area (Å²) in [6, 6.07) is 9.34. The standard InChI is InChI=1S/C15H14BrF2N/c1-9-6-7-10(8-13(9)18)15(19-2)14-11(16)4-3-5-12(14)17/h3-8,15,19H,1-2H3. The minimum absolute atomic E-state index is 0.287. The maximum absolute atomic E-state index is 14.0. The van der Waals surface area contributed by atoms with E-state index in [4.69, 9.17) is 0 Å². The molecule has 0 saturated carbocycles. The predicted octanol–water partition coefficient (Wildman–Crippen LogP) is 4.34. The van der Waals surface area contributed by atoms with Gasteiger partial charge in [0.25, 0.3) is 0 Å². The average Bonchev–Trinajstić information content (AvgIpc) is 2.37. The highest BCUT2D eigenvalue weighted by Crippen LogP contribution is 2.31. The lowest BCUT2D eigenvalue weighted by molar-refractivity contribution is 0.568. The van der Waals surface area contributed by atoms with Gasteiger partial charge < -0.3 is 5.32 Å². The van der Waals surface area contributed by atoms with E-state index < -0.39 is 6.04 Å². The second-order valence-corrected chi connectivity index (χ2v) is 5.22. The number of halogens is 3. The Labute approximate surface area is 119 Å². The van der Waals surface area contributed by atoms with Crippen LogP contribution in [-0.4, -0.2) is 7.05 Å². The Kier molecular flexibility index (Phi) is 4.32. The number of benzene rings is 2. The van der Waals surface area contributed by atoms with E-state index in [9.17, 15) is 8.78 Å². The molecule has 0 bridgehead atoms. The van der Waals surface area contributed by atoms with Crippen LogP contribution in [0.2, 0.25) is 0 Å². The first kappa shape index (κ1) is 14.2. The van der Waals surface area contributed by atoms with E-state index in [0.717, 1.165) is 0 Å². The molecule has 1 unspecified atom stereocenters. The third-order valence-electron chi connectivity index (χ3n) is 3.11. The smallest absolute Gasteiger partial charge is 0.129 e. The maximum atomic E-state index is 14.0. The van der Waals surface area contributed by atoms with Crippen molar-refractivity contribution < 1.29 is 8.78 Å². The number of hydrogen-bond donors (Lipinski definition) is 1. The van der Waals surface area contributed by atoms with Crippen molar-refractivity contribution in [3.05, 3.63) is 69.2 Å². The highest BCUT2D eigenvalue weighted by Gasteiger charge is 2.19. The van der Waals surface area contributed by atoms with E-state index >= 15 is 0 Å². The summed E-state index contributed by atoms with van der Waals surface area (Å²) in [5.74, 6) is -0.611. The zero-order chi connectivity index (χ0) is 14.0. The average molecular weight is 326 g/mol. The fraction of sp³-hybridized carbons (Fsp3) is 0.200. The number of aryl methyl sites for hydroxylation is 1. The SMILES string of the molecule is CNC(c1ccc(C)c(F)c1)c1c(F)cccc1Br. The molecule has 1 nitrogen and oxygen atoms in total. The lowest BCUT2D eigenvalue weighted by atomic mass is 9.97. The molecule has 0 aromatic heterocycles. The van der Waals surface area contributed by atoms with E-state index in [1.165, 1.54) is 12.1 Å². The van der Waals surface area contributed by atoms with Crippen LogP contribution in [-0.2, 0) is 0 Å². The molecule has 2 rings (SSSR count). The molecule has 2 aromatic rings. The highest BCUT2D eigenvalue weighted by atomic mass is 79.9. The Morgan fingerprint density at radius 2 is 1.84 bits per heavy atom.